The number of hydrogen-bond acceptors (Lipinski definition) is 5. The molecule has 0 saturated heterocycles. The third kappa shape index (κ3) is 4.82. The van der Waals surface area contributed by atoms with Gasteiger partial charge in [-0.25, -0.2) is 8.42 Å². The largest absolute Gasteiger partial charge is 0.496 e. The molecule has 0 radical (unpaired) electrons. The highest BCUT2D eigenvalue weighted by Crippen LogP contribution is 2.35. The van der Waals surface area contributed by atoms with Crippen LogP contribution < -0.4 is 19.1 Å². The molecule has 1 N–H and O–H groups in total. The van der Waals surface area contributed by atoms with Crippen LogP contribution >= 0.6 is 0 Å². The minimum atomic E-state index is -3.51. The number of nitrogens with one attached hydrogen (secondary N) is 1. The van der Waals surface area contributed by atoms with Crippen molar-refractivity contribution in [2.24, 2.45) is 0 Å². The van der Waals surface area contributed by atoms with Crippen molar-refractivity contribution in [2.45, 2.75) is 25.9 Å². The highest BCUT2D eigenvalue weighted by atomic mass is 32.2. The van der Waals surface area contributed by atoms with Crippen LogP contribution in [0.25, 0.3) is 0 Å². The number of carbonyl (C=O) groups excluding carboxylic acids is 1. The summed E-state index contributed by atoms with van der Waals surface area (Å²) in [6, 6.07) is 14.6. The average molecular weight is 419 g/mol. The number of sulfonamides is 1. The molecule has 1 atom stereocenters. The molecule has 2 aromatic carbocycles. The maximum absolute atomic E-state index is 12.6. The number of hydrogen-bond donors (Lipinski definition) is 1. The predicted molar refractivity (Wildman–Crippen MR) is 112 cm³/mol. The van der Waals surface area contributed by atoms with Crippen molar-refractivity contribution < 1.29 is 22.7 Å². The molecule has 7 nitrogen and oxygen atoms in total. The molecule has 0 spiro atoms. The van der Waals surface area contributed by atoms with Gasteiger partial charge in [-0.1, -0.05) is 30.3 Å². The molecule has 156 valence electrons. The van der Waals surface area contributed by atoms with E-state index in [2.05, 4.69) is 5.32 Å². The van der Waals surface area contributed by atoms with Gasteiger partial charge in [0.25, 0.3) is 5.91 Å². The molecule has 29 heavy (non-hydrogen) atoms. The van der Waals surface area contributed by atoms with Crippen molar-refractivity contribution in [1.82, 2.24) is 5.32 Å². The van der Waals surface area contributed by atoms with E-state index in [9.17, 15) is 13.2 Å². The van der Waals surface area contributed by atoms with E-state index >= 15 is 0 Å². The topological polar surface area (TPSA) is 84.9 Å². The van der Waals surface area contributed by atoms with Crippen molar-refractivity contribution in [3.63, 3.8) is 0 Å². The van der Waals surface area contributed by atoms with Crippen LogP contribution in [0.1, 0.15) is 18.9 Å². The Hall–Kier alpha value is -2.74. The first-order chi connectivity index (χ1) is 14.0. The third-order valence-electron chi connectivity index (χ3n) is 4.84. The van der Waals surface area contributed by atoms with Gasteiger partial charge in [0.1, 0.15) is 11.5 Å². The number of fused-ring (bicyclic) bond motifs is 1. The molecule has 1 aliphatic rings. The monoisotopic (exact) mass is 418 g/mol. The lowest BCUT2D eigenvalue weighted by Crippen LogP contribution is -2.51. The average Bonchev–Trinajstić information content (AvgIpc) is 2.75. The van der Waals surface area contributed by atoms with E-state index < -0.39 is 16.1 Å². The van der Waals surface area contributed by atoms with Gasteiger partial charge in [0.15, 0.2) is 6.10 Å². The fraction of sp³-hybridized carbons (Fsp3) is 0.381. The zero-order chi connectivity index (χ0) is 20.9. The van der Waals surface area contributed by atoms with E-state index in [1.54, 1.807) is 38.3 Å². The highest BCUT2D eigenvalue weighted by molar-refractivity contribution is 7.92. The van der Waals surface area contributed by atoms with E-state index in [1.807, 2.05) is 24.3 Å². The van der Waals surface area contributed by atoms with Crippen molar-refractivity contribution in [3.05, 3.63) is 54.1 Å². The Bertz CT molecular complexity index is 961. The Balaban J connectivity index is 1.61. The SMILES string of the molecule is CCS(=O)(=O)N1C[C@@H](C(=O)NCCCc2ccccc2OC)Oc2ccccc21. The van der Waals surface area contributed by atoms with Crippen LogP contribution in [0.4, 0.5) is 5.69 Å². The Morgan fingerprint density at radius 3 is 2.69 bits per heavy atom. The van der Waals surface area contributed by atoms with Gasteiger partial charge >= 0.3 is 0 Å². The molecule has 0 aliphatic carbocycles. The molecule has 1 aliphatic heterocycles. The fourth-order valence-electron chi connectivity index (χ4n) is 3.27. The summed E-state index contributed by atoms with van der Waals surface area (Å²) in [7, 11) is -1.88. The molecule has 8 heteroatoms. The summed E-state index contributed by atoms with van der Waals surface area (Å²) in [6.07, 6.45) is 0.596. The van der Waals surface area contributed by atoms with Gasteiger partial charge in [0, 0.05) is 6.54 Å². The van der Waals surface area contributed by atoms with E-state index in [1.165, 1.54) is 4.31 Å². The summed E-state index contributed by atoms with van der Waals surface area (Å²) in [5.41, 5.74) is 1.54. The van der Waals surface area contributed by atoms with E-state index in [0.717, 1.165) is 24.2 Å². The zero-order valence-electron chi connectivity index (χ0n) is 16.6. The molecule has 3 rings (SSSR count). The van der Waals surface area contributed by atoms with Crippen LogP contribution in [-0.4, -0.2) is 46.4 Å². The van der Waals surface area contributed by atoms with E-state index in [4.69, 9.17) is 9.47 Å². The van der Waals surface area contributed by atoms with Gasteiger partial charge in [-0.05, 0) is 43.5 Å². The summed E-state index contributed by atoms with van der Waals surface area (Å²) in [5.74, 6) is 0.849. The fourth-order valence-corrected chi connectivity index (χ4v) is 4.40. The molecule has 0 unspecified atom stereocenters. The molecule has 0 aromatic heterocycles. The molecule has 1 heterocycles. The normalized spacial score (nSPS) is 15.9. The maximum Gasteiger partial charge on any atom is 0.263 e. The Kier molecular flexibility index (Phi) is 6.64. The number of nitrogens with zero attached hydrogens (tertiary/aromatic N) is 1. The van der Waals surface area contributed by atoms with Gasteiger partial charge in [0.05, 0.1) is 25.1 Å². The molecule has 0 bridgehead atoms. The summed E-state index contributed by atoms with van der Waals surface area (Å²) in [5, 5.41) is 2.85. The number of ether oxygens (including phenoxy) is 2. The van der Waals surface area contributed by atoms with E-state index in [0.29, 0.717) is 18.0 Å². The summed E-state index contributed by atoms with van der Waals surface area (Å²) < 4.78 is 37.4. The molecule has 0 fully saturated rings. The van der Waals surface area contributed by atoms with Crippen LogP contribution in [0, 0.1) is 0 Å². The second-order valence-corrected chi connectivity index (χ2v) is 8.89. The van der Waals surface area contributed by atoms with Gasteiger partial charge < -0.3 is 14.8 Å². The van der Waals surface area contributed by atoms with Crippen molar-refractivity contribution in [1.29, 1.82) is 0 Å². The minimum Gasteiger partial charge on any atom is -0.496 e. The van der Waals surface area contributed by atoms with Crippen molar-refractivity contribution in [2.75, 3.05) is 30.3 Å². The summed E-state index contributed by atoms with van der Waals surface area (Å²) in [6.45, 7) is 2.00. The van der Waals surface area contributed by atoms with Crippen LogP contribution in [0.15, 0.2) is 48.5 Å². The van der Waals surface area contributed by atoms with Crippen molar-refractivity contribution in [3.8, 4) is 11.5 Å². The molecular weight excluding hydrogens is 392 g/mol. The summed E-state index contributed by atoms with van der Waals surface area (Å²) >= 11 is 0. The van der Waals surface area contributed by atoms with Crippen molar-refractivity contribution >= 4 is 21.6 Å². The first-order valence-corrected chi connectivity index (χ1v) is 11.2. The number of amides is 1. The molecule has 1 amide bonds. The lowest BCUT2D eigenvalue weighted by Gasteiger charge is -2.34. The number of para-hydroxylation sites is 3. The first kappa shape index (κ1) is 21.0. The standard InChI is InChI=1S/C21H26N2O5S/c1-3-29(25,26)23-15-20(28-19-13-7-5-11-17(19)23)21(24)22-14-8-10-16-9-4-6-12-18(16)27-2/h4-7,9,11-13,20H,3,8,10,14-15H2,1-2H3,(H,22,24)/t20-/m0/s1. The highest BCUT2D eigenvalue weighted by Gasteiger charge is 2.35. The predicted octanol–water partition coefficient (Wildman–Crippen LogP) is 2.36. The second kappa shape index (κ2) is 9.17. The number of anilines is 1. The number of methoxy groups -OCH3 is 1. The third-order valence-corrected chi connectivity index (χ3v) is 6.59. The van der Waals surface area contributed by atoms with Gasteiger partial charge in [-0.3, -0.25) is 9.10 Å². The van der Waals surface area contributed by atoms with Crippen LogP contribution in [0.3, 0.4) is 0 Å². The summed E-state index contributed by atoms with van der Waals surface area (Å²) in [4.78, 5) is 12.6. The smallest absolute Gasteiger partial charge is 0.263 e. The molecule has 0 saturated carbocycles. The van der Waals surface area contributed by atoms with Gasteiger partial charge in [0.2, 0.25) is 10.0 Å². The molecule has 2 aromatic rings. The Labute approximate surface area is 171 Å². The van der Waals surface area contributed by atoms with Crippen LogP contribution in [-0.2, 0) is 21.2 Å². The Morgan fingerprint density at radius 2 is 1.93 bits per heavy atom. The molecular formula is C21H26N2O5S. The minimum absolute atomic E-state index is 0.0362. The lowest BCUT2D eigenvalue weighted by atomic mass is 10.1. The maximum atomic E-state index is 12.6. The number of benzene rings is 2. The van der Waals surface area contributed by atoms with Gasteiger partial charge in [-0.15, -0.1) is 0 Å². The number of carbonyl (C=O) groups is 1. The second-order valence-electron chi connectivity index (χ2n) is 6.71. The number of aryl methyl sites for hydroxylation is 1. The van der Waals surface area contributed by atoms with Crippen LogP contribution in [0.5, 0.6) is 11.5 Å². The quantitative estimate of drug-likeness (QED) is 0.666. The number of rotatable bonds is 8. The van der Waals surface area contributed by atoms with Gasteiger partial charge in [-0.2, -0.15) is 0 Å². The Morgan fingerprint density at radius 1 is 1.21 bits per heavy atom. The van der Waals surface area contributed by atoms with Crippen LogP contribution in [0.2, 0.25) is 0 Å². The first-order valence-electron chi connectivity index (χ1n) is 9.62. The lowest BCUT2D eigenvalue weighted by molar-refractivity contribution is -0.127. The van der Waals surface area contributed by atoms with E-state index in [-0.39, 0.29) is 18.2 Å². The zero-order valence-corrected chi connectivity index (χ0v) is 17.4.